The van der Waals surface area contributed by atoms with Crippen LogP contribution in [0, 0.1) is 11.8 Å². The highest BCUT2D eigenvalue weighted by Gasteiger charge is 2.24. The number of ether oxygens (including phenoxy) is 2. The third kappa shape index (κ3) is 4.72. The van der Waals surface area contributed by atoms with Gasteiger partial charge in [-0.15, -0.1) is 13.2 Å². The molecule has 2 fully saturated rings. The molecular weight excluding hydrogens is 232 g/mol. The molecule has 1 N–H and O–H groups in total. The van der Waals surface area contributed by atoms with Crippen molar-refractivity contribution >= 4 is 5.78 Å². The van der Waals surface area contributed by atoms with Gasteiger partial charge in [-0.05, 0) is 12.8 Å². The number of Topliss-reactive ketones (excluding diaryl/α,β-unsaturated/α-hetero) is 1. The van der Waals surface area contributed by atoms with Crippen molar-refractivity contribution in [2.45, 2.75) is 18.9 Å². The fraction of sp³-hybridized carbons (Fsp3) is 0.643. The standard InChI is InChI=1S/C7H12O2.C7H10O2/c2*1-2-3-6-4-9-5-7(6)8/h2,6-8H,1,3-5H2;2,6H,1,3-5H2/t6-,7-;/m1./s1. The third-order valence-electron chi connectivity index (χ3n) is 3.10. The number of carbonyl (C=O) groups is 1. The maximum Gasteiger partial charge on any atom is 0.164 e. The molecule has 18 heavy (non-hydrogen) atoms. The van der Waals surface area contributed by atoms with E-state index in [1.54, 1.807) is 6.08 Å². The highest BCUT2D eigenvalue weighted by Crippen LogP contribution is 2.16. The molecule has 102 valence electrons. The predicted octanol–water partition coefficient (Wildman–Crippen LogP) is 1.35. The summed E-state index contributed by atoms with van der Waals surface area (Å²) in [7, 11) is 0. The van der Waals surface area contributed by atoms with Crippen LogP contribution in [-0.4, -0.2) is 43.4 Å². The van der Waals surface area contributed by atoms with Crippen molar-refractivity contribution in [2.75, 3.05) is 26.4 Å². The quantitative estimate of drug-likeness (QED) is 0.769. The third-order valence-corrected chi connectivity index (χ3v) is 3.10. The molecular formula is C14H22O4. The highest BCUT2D eigenvalue weighted by atomic mass is 16.5. The SMILES string of the molecule is C=CCC1COCC1=O.C=CC[C@@H]1COC[C@H]1O. The minimum atomic E-state index is -0.261. The largest absolute Gasteiger partial charge is 0.390 e. The number of ketones is 1. The molecule has 2 saturated heterocycles. The second-order valence-electron chi connectivity index (χ2n) is 4.59. The van der Waals surface area contributed by atoms with Crippen LogP contribution in [0.5, 0.6) is 0 Å². The molecule has 0 aromatic carbocycles. The number of hydrogen-bond donors (Lipinski definition) is 1. The summed E-state index contributed by atoms with van der Waals surface area (Å²) in [6.07, 6.45) is 4.95. The molecule has 0 saturated carbocycles. The van der Waals surface area contributed by atoms with E-state index < -0.39 is 0 Å². The monoisotopic (exact) mass is 254 g/mol. The average Bonchev–Trinajstić information content (AvgIpc) is 2.92. The molecule has 2 aliphatic heterocycles. The fourth-order valence-corrected chi connectivity index (χ4v) is 1.94. The molecule has 0 bridgehead atoms. The summed E-state index contributed by atoms with van der Waals surface area (Å²) < 4.78 is 9.95. The van der Waals surface area contributed by atoms with E-state index in [2.05, 4.69) is 13.2 Å². The molecule has 3 atom stereocenters. The Morgan fingerprint density at radius 1 is 1.17 bits per heavy atom. The van der Waals surface area contributed by atoms with E-state index in [0.29, 0.717) is 32.3 Å². The molecule has 0 aromatic heterocycles. The minimum absolute atomic E-state index is 0.0995. The summed E-state index contributed by atoms with van der Waals surface area (Å²) in [5, 5.41) is 9.15. The zero-order valence-electron chi connectivity index (χ0n) is 10.7. The van der Waals surface area contributed by atoms with Gasteiger partial charge in [0.25, 0.3) is 0 Å². The maximum absolute atomic E-state index is 10.8. The lowest BCUT2D eigenvalue weighted by atomic mass is 10.0. The zero-order valence-corrected chi connectivity index (χ0v) is 10.7. The van der Waals surface area contributed by atoms with E-state index in [0.717, 1.165) is 12.8 Å². The summed E-state index contributed by atoms with van der Waals surface area (Å²) >= 11 is 0. The predicted molar refractivity (Wildman–Crippen MR) is 69.3 cm³/mol. The van der Waals surface area contributed by atoms with Gasteiger partial charge in [0.1, 0.15) is 6.61 Å². The molecule has 0 radical (unpaired) electrons. The Morgan fingerprint density at radius 2 is 1.89 bits per heavy atom. The average molecular weight is 254 g/mol. The summed E-state index contributed by atoms with van der Waals surface area (Å²) in [4.78, 5) is 10.8. The normalized spacial score (nSPS) is 30.7. The van der Waals surface area contributed by atoms with Gasteiger partial charge in [-0.25, -0.2) is 0 Å². The van der Waals surface area contributed by atoms with E-state index in [1.165, 1.54) is 0 Å². The first-order chi connectivity index (χ1) is 8.69. The van der Waals surface area contributed by atoms with Crippen LogP contribution in [0.4, 0.5) is 0 Å². The van der Waals surface area contributed by atoms with Crippen LogP contribution in [0.3, 0.4) is 0 Å². The summed E-state index contributed by atoms with van der Waals surface area (Å²) in [6, 6.07) is 0. The zero-order chi connectivity index (χ0) is 13.4. The van der Waals surface area contributed by atoms with Crippen LogP contribution >= 0.6 is 0 Å². The summed E-state index contributed by atoms with van der Waals surface area (Å²) in [5.74, 6) is 0.611. The second-order valence-corrected chi connectivity index (χ2v) is 4.59. The smallest absolute Gasteiger partial charge is 0.164 e. The van der Waals surface area contributed by atoms with E-state index in [4.69, 9.17) is 14.6 Å². The van der Waals surface area contributed by atoms with Gasteiger partial charge in [-0.1, -0.05) is 12.2 Å². The molecule has 0 aliphatic carbocycles. The first-order valence-electron chi connectivity index (χ1n) is 6.27. The van der Waals surface area contributed by atoms with Crippen LogP contribution in [0.2, 0.25) is 0 Å². The van der Waals surface area contributed by atoms with Crippen LogP contribution in [-0.2, 0) is 14.3 Å². The number of aliphatic hydroxyl groups is 1. The van der Waals surface area contributed by atoms with Gasteiger partial charge in [0.05, 0.1) is 25.9 Å². The molecule has 0 aromatic rings. The van der Waals surface area contributed by atoms with Gasteiger partial charge in [-0.3, -0.25) is 4.79 Å². The Labute approximate surface area is 108 Å². The van der Waals surface area contributed by atoms with Crippen molar-refractivity contribution < 1.29 is 19.4 Å². The van der Waals surface area contributed by atoms with Crippen molar-refractivity contribution in [3.8, 4) is 0 Å². The van der Waals surface area contributed by atoms with E-state index >= 15 is 0 Å². The van der Waals surface area contributed by atoms with Crippen molar-refractivity contribution in [3.63, 3.8) is 0 Å². The van der Waals surface area contributed by atoms with E-state index in [9.17, 15) is 4.79 Å². The van der Waals surface area contributed by atoms with Gasteiger partial charge >= 0.3 is 0 Å². The lowest BCUT2D eigenvalue weighted by molar-refractivity contribution is -0.120. The van der Waals surface area contributed by atoms with Gasteiger partial charge in [0.2, 0.25) is 0 Å². The lowest BCUT2D eigenvalue weighted by Crippen LogP contribution is -2.16. The van der Waals surface area contributed by atoms with E-state index in [1.807, 2.05) is 6.08 Å². The van der Waals surface area contributed by atoms with Gasteiger partial charge in [0, 0.05) is 11.8 Å². The maximum atomic E-state index is 10.8. The van der Waals surface area contributed by atoms with Crippen LogP contribution < -0.4 is 0 Å². The van der Waals surface area contributed by atoms with Crippen LogP contribution in [0.15, 0.2) is 25.3 Å². The minimum Gasteiger partial charge on any atom is -0.390 e. The summed E-state index contributed by atoms with van der Waals surface area (Å²) in [5.41, 5.74) is 0. The molecule has 2 aliphatic rings. The highest BCUT2D eigenvalue weighted by molar-refractivity contribution is 5.83. The first-order valence-corrected chi connectivity index (χ1v) is 6.27. The Hall–Kier alpha value is -0.970. The second kappa shape index (κ2) is 8.19. The van der Waals surface area contributed by atoms with Crippen molar-refractivity contribution in [2.24, 2.45) is 11.8 Å². The van der Waals surface area contributed by atoms with Gasteiger partial charge < -0.3 is 14.6 Å². The van der Waals surface area contributed by atoms with Gasteiger partial charge in [0.15, 0.2) is 5.78 Å². The number of allylic oxidation sites excluding steroid dienone is 2. The molecule has 0 amide bonds. The fourth-order valence-electron chi connectivity index (χ4n) is 1.94. The Morgan fingerprint density at radius 3 is 2.33 bits per heavy atom. The topological polar surface area (TPSA) is 55.8 Å². The molecule has 0 spiro atoms. The van der Waals surface area contributed by atoms with Crippen molar-refractivity contribution in [1.82, 2.24) is 0 Å². The van der Waals surface area contributed by atoms with Crippen LogP contribution in [0.1, 0.15) is 12.8 Å². The number of carbonyl (C=O) groups excluding carboxylic acids is 1. The Balaban J connectivity index is 0.000000180. The van der Waals surface area contributed by atoms with E-state index in [-0.39, 0.29) is 17.8 Å². The van der Waals surface area contributed by atoms with Crippen LogP contribution in [0.25, 0.3) is 0 Å². The molecule has 2 heterocycles. The number of hydrogen-bond acceptors (Lipinski definition) is 4. The Kier molecular flexibility index (Phi) is 6.86. The molecule has 4 heteroatoms. The van der Waals surface area contributed by atoms with Crippen molar-refractivity contribution in [1.29, 1.82) is 0 Å². The molecule has 1 unspecified atom stereocenters. The summed E-state index contributed by atoms with van der Waals surface area (Å²) in [6.45, 7) is 9.22. The lowest BCUT2D eigenvalue weighted by Gasteiger charge is -2.07. The first kappa shape index (κ1) is 15.1. The van der Waals surface area contributed by atoms with Crippen molar-refractivity contribution in [3.05, 3.63) is 25.3 Å². The van der Waals surface area contributed by atoms with Gasteiger partial charge in [-0.2, -0.15) is 0 Å². The molecule has 2 rings (SSSR count). The Bertz CT molecular complexity index is 288. The molecule has 4 nitrogen and oxygen atoms in total. The number of rotatable bonds is 4. The number of aliphatic hydroxyl groups excluding tert-OH is 1.